The quantitative estimate of drug-likeness (QED) is 0.185. The third-order valence-electron chi connectivity index (χ3n) is 7.82. The molecular formula is C31H34F6O. The monoisotopic (exact) mass is 536 g/mol. The number of aryl methyl sites for hydroxylation is 1. The highest BCUT2D eigenvalue weighted by atomic mass is 19.4. The van der Waals surface area contributed by atoms with Gasteiger partial charge in [-0.05, 0) is 53.3 Å². The van der Waals surface area contributed by atoms with Crippen molar-refractivity contribution in [3.63, 3.8) is 0 Å². The first-order chi connectivity index (χ1) is 18.1. The molecule has 1 saturated carbocycles. The number of hydrogen-bond acceptors (Lipinski definition) is 1. The van der Waals surface area contributed by atoms with E-state index in [0.29, 0.717) is 23.4 Å². The van der Waals surface area contributed by atoms with Crippen LogP contribution in [0.15, 0.2) is 42.5 Å². The minimum absolute atomic E-state index is 0.104. The van der Waals surface area contributed by atoms with Crippen LogP contribution in [0.1, 0.15) is 76.7 Å². The second-order valence-electron chi connectivity index (χ2n) is 10.6. The van der Waals surface area contributed by atoms with Gasteiger partial charge < -0.3 is 4.74 Å². The van der Waals surface area contributed by atoms with E-state index < -0.39 is 29.6 Å². The molecule has 1 fully saturated rings. The van der Waals surface area contributed by atoms with Gasteiger partial charge in [0.05, 0.1) is 0 Å². The van der Waals surface area contributed by atoms with E-state index in [9.17, 15) is 22.0 Å². The van der Waals surface area contributed by atoms with E-state index in [1.54, 1.807) is 12.1 Å². The van der Waals surface area contributed by atoms with Gasteiger partial charge in [0.25, 0.3) is 0 Å². The highest BCUT2D eigenvalue weighted by Gasteiger charge is 2.34. The van der Waals surface area contributed by atoms with Crippen molar-refractivity contribution in [3.8, 4) is 16.9 Å². The lowest BCUT2D eigenvalue weighted by molar-refractivity contribution is -0.276. The molecule has 0 N–H and O–H groups in total. The van der Waals surface area contributed by atoms with E-state index >= 15 is 4.39 Å². The van der Waals surface area contributed by atoms with Gasteiger partial charge in [-0.15, -0.1) is 13.2 Å². The number of unbranched alkanes of at least 4 members (excludes halogenated alkanes) is 3. The molecule has 0 heterocycles. The summed E-state index contributed by atoms with van der Waals surface area (Å²) in [7, 11) is 0. The van der Waals surface area contributed by atoms with Crippen LogP contribution >= 0.6 is 0 Å². The van der Waals surface area contributed by atoms with Gasteiger partial charge in [0.2, 0.25) is 5.75 Å². The van der Waals surface area contributed by atoms with Gasteiger partial charge in [0, 0.05) is 10.9 Å². The third kappa shape index (κ3) is 7.23. The number of rotatable bonds is 10. The summed E-state index contributed by atoms with van der Waals surface area (Å²) in [5.74, 6) is -3.78. The Morgan fingerprint density at radius 2 is 1.45 bits per heavy atom. The Morgan fingerprint density at radius 1 is 0.789 bits per heavy atom. The third-order valence-corrected chi connectivity index (χ3v) is 7.82. The molecule has 0 radical (unpaired) electrons. The van der Waals surface area contributed by atoms with Gasteiger partial charge >= 0.3 is 6.36 Å². The highest BCUT2D eigenvalue weighted by molar-refractivity contribution is 5.88. The molecule has 1 aliphatic carbocycles. The molecule has 206 valence electrons. The molecule has 0 aromatic heterocycles. The molecular weight excluding hydrogens is 502 g/mol. The fraction of sp³-hybridized carbons (Fsp3) is 0.484. The van der Waals surface area contributed by atoms with Gasteiger partial charge in [-0.3, -0.25) is 0 Å². The molecule has 1 aliphatic rings. The van der Waals surface area contributed by atoms with Gasteiger partial charge in [-0.2, -0.15) is 0 Å². The van der Waals surface area contributed by atoms with Crippen molar-refractivity contribution in [1.29, 1.82) is 0 Å². The van der Waals surface area contributed by atoms with Crippen LogP contribution in [0.3, 0.4) is 0 Å². The van der Waals surface area contributed by atoms with E-state index in [-0.39, 0.29) is 16.5 Å². The standard InChI is InChI=1S/C31H34F6O/c1-2-3-4-5-6-20-7-9-21(10-8-20)11-12-22-13-15-25-23(17-22)14-16-26(29(25)34)24-18-27(32)30(28(33)19-24)38-31(35,36)37/h13-21H,2-12H2,1H3/t20-,21-. The minimum Gasteiger partial charge on any atom is -0.399 e. The fourth-order valence-corrected chi connectivity index (χ4v) is 5.69. The predicted octanol–water partition coefficient (Wildman–Crippen LogP) is 10.5. The van der Waals surface area contributed by atoms with Crippen molar-refractivity contribution in [3.05, 3.63) is 65.5 Å². The summed E-state index contributed by atoms with van der Waals surface area (Å²) in [6.45, 7) is 2.24. The Kier molecular flexibility index (Phi) is 9.27. The fourth-order valence-electron chi connectivity index (χ4n) is 5.69. The van der Waals surface area contributed by atoms with Gasteiger partial charge in [0.1, 0.15) is 5.82 Å². The maximum absolute atomic E-state index is 15.3. The molecule has 0 spiro atoms. The Bertz CT molecular complexity index is 1200. The molecule has 0 atom stereocenters. The van der Waals surface area contributed by atoms with Crippen molar-refractivity contribution >= 4 is 10.8 Å². The highest BCUT2D eigenvalue weighted by Crippen LogP contribution is 2.37. The van der Waals surface area contributed by atoms with E-state index in [1.165, 1.54) is 63.9 Å². The largest absolute Gasteiger partial charge is 0.573 e. The van der Waals surface area contributed by atoms with Crippen molar-refractivity contribution in [2.24, 2.45) is 11.8 Å². The zero-order valence-electron chi connectivity index (χ0n) is 21.7. The average molecular weight is 537 g/mol. The number of fused-ring (bicyclic) bond motifs is 1. The lowest BCUT2D eigenvalue weighted by atomic mass is 9.77. The Morgan fingerprint density at radius 3 is 2.08 bits per heavy atom. The van der Waals surface area contributed by atoms with Crippen molar-refractivity contribution in [2.75, 3.05) is 0 Å². The van der Waals surface area contributed by atoms with Gasteiger partial charge in [0.15, 0.2) is 11.6 Å². The Hall–Kier alpha value is -2.70. The average Bonchev–Trinajstić information content (AvgIpc) is 2.88. The van der Waals surface area contributed by atoms with Gasteiger partial charge in [-0.1, -0.05) is 95.0 Å². The molecule has 0 amide bonds. The molecule has 0 aliphatic heterocycles. The van der Waals surface area contributed by atoms with Crippen molar-refractivity contribution in [2.45, 2.75) is 83.9 Å². The number of ether oxygens (including phenoxy) is 1. The SMILES string of the molecule is CCCCCC[C@H]1CC[C@H](CCc2ccc3c(F)c(-c4cc(F)c(OC(F)(F)F)c(F)c4)ccc3c2)CC1. The summed E-state index contributed by atoms with van der Waals surface area (Å²) >= 11 is 0. The number of benzene rings is 3. The van der Waals surface area contributed by atoms with Crippen LogP contribution in [0.4, 0.5) is 26.3 Å². The Labute approximate surface area is 220 Å². The molecule has 0 bridgehead atoms. The van der Waals surface area contributed by atoms with E-state index in [2.05, 4.69) is 11.7 Å². The van der Waals surface area contributed by atoms with Crippen molar-refractivity contribution in [1.82, 2.24) is 0 Å². The zero-order chi connectivity index (χ0) is 27.3. The molecule has 0 unspecified atom stereocenters. The molecule has 38 heavy (non-hydrogen) atoms. The first-order valence-electron chi connectivity index (χ1n) is 13.6. The first-order valence-corrected chi connectivity index (χ1v) is 13.6. The predicted molar refractivity (Wildman–Crippen MR) is 138 cm³/mol. The number of hydrogen-bond donors (Lipinski definition) is 0. The van der Waals surface area contributed by atoms with Gasteiger partial charge in [-0.25, -0.2) is 13.2 Å². The second kappa shape index (κ2) is 12.4. The summed E-state index contributed by atoms with van der Waals surface area (Å²) in [6.07, 6.45) is 8.57. The van der Waals surface area contributed by atoms with E-state index in [1.807, 2.05) is 12.1 Å². The molecule has 4 rings (SSSR count). The number of alkyl halides is 3. The van der Waals surface area contributed by atoms with Crippen LogP contribution in [0.5, 0.6) is 5.75 Å². The zero-order valence-corrected chi connectivity index (χ0v) is 21.7. The van der Waals surface area contributed by atoms with Crippen LogP contribution in [-0.4, -0.2) is 6.36 Å². The first kappa shape index (κ1) is 28.3. The summed E-state index contributed by atoms with van der Waals surface area (Å²) in [4.78, 5) is 0. The maximum Gasteiger partial charge on any atom is 0.573 e. The maximum atomic E-state index is 15.3. The minimum atomic E-state index is -5.25. The molecule has 7 heteroatoms. The van der Waals surface area contributed by atoms with Crippen LogP contribution < -0.4 is 4.74 Å². The van der Waals surface area contributed by atoms with E-state index in [4.69, 9.17) is 0 Å². The van der Waals surface area contributed by atoms with Crippen molar-refractivity contribution < 1.29 is 31.1 Å². The second-order valence-corrected chi connectivity index (χ2v) is 10.6. The summed E-state index contributed by atoms with van der Waals surface area (Å²) in [5, 5.41) is 0.948. The normalized spacial score (nSPS) is 18.2. The topological polar surface area (TPSA) is 9.23 Å². The summed E-state index contributed by atoms with van der Waals surface area (Å²) in [6, 6.07) is 9.80. The molecule has 0 saturated heterocycles. The summed E-state index contributed by atoms with van der Waals surface area (Å²) in [5.41, 5.74) is 0.795. The van der Waals surface area contributed by atoms with Crippen LogP contribution in [-0.2, 0) is 6.42 Å². The van der Waals surface area contributed by atoms with Crippen LogP contribution in [0.2, 0.25) is 0 Å². The Balaban J connectivity index is 1.40. The van der Waals surface area contributed by atoms with Crippen LogP contribution in [0.25, 0.3) is 21.9 Å². The summed E-state index contributed by atoms with van der Waals surface area (Å²) < 4.78 is 84.3. The lowest BCUT2D eigenvalue weighted by Crippen LogP contribution is -2.19. The van der Waals surface area contributed by atoms with E-state index in [0.717, 1.165) is 24.3 Å². The smallest absolute Gasteiger partial charge is 0.399 e. The number of halogens is 6. The van der Waals surface area contributed by atoms with Crippen LogP contribution in [0, 0.1) is 29.3 Å². The molecule has 3 aromatic rings. The molecule has 1 nitrogen and oxygen atoms in total. The molecule has 3 aromatic carbocycles. The lowest BCUT2D eigenvalue weighted by Gasteiger charge is -2.28.